The van der Waals surface area contributed by atoms with Crippen LogP contribution < -0.4 is 5.32 Å². The summed E-state index contributed by atoms with van der Waals surface area (Å²) in [7, 11) is 0. The lowest BCUT2D eigenvalue weighted by Gasteiger charge is -2.28. The van der Waals surface area contributed by atoms with Crippen molar-refractivity contribution in [3.8, 4) is 0 Å². The van der Waals surface area contributed by atoms with Gasteiger partial charge in [0.05, 0.1) is 12.2 Å². The average molecular weight is 421 g/mol. The lowest BCUT2D eigenvalue weighted by atomic mass is 9.96. The molecule has 0 saturated heterocycles. The first kappa shape index (κ1) is 20.7. The zero-order valence-electron chi connectivity index (χ0n) is 16.4. The number of carbonyl (C=O) groups excluding carboxylic acids is 1. The molecule has 0 fully saturated rings. The SMILES string of the molecule is CCCCCSc1nc2n(n1)[C@@H](c1ccc(Cl)cc1)C(C(=O)OCC)=C(C)N2. The lowest BCUT2D eigenvalue weighted by Crippen LogP contribution is -2.29. The minimum absolute atomic E-state index is 0.311. The van der Waals surface area contributed by atoms with E-state index in [-0.39, 0.29) is 5.97 Å². The van der Waals surface area contributed by atoms with Crippen LogP contribution in [0.1, 0.15) is 51.6 Å². The van der Waals surface area contributed by atoms with Crippen molar-refractivity contribution in [2.75, 3.05) is 17.7 Å². The molecule has 6 nitrogen and oxygen atoms in total. The van der Waals surface area contributed by atoms with Crippen molar-refractivity contribution >= 4 is 35.3 Å². The van der Waals surface area contributed by atoms with Crippen molar-refractivity contribution in [1.29, 1.82) is 0 Å². The van der Waals surface area contributed by atoms with E-state index < -0.39 is 6.04 Å². The molecule has 0 bridgehead atoms. The largest absolute Gasteiger partial charge is 0.463 e. The fraction of sp³-hybridized carbons (Fsp3) is 0.450. The molecule has 0 spiro atoms. The normalized spacial score (nSPS) is 15.9. The van der Waals surface area contributed by atoms with Crippen molar-refractivity contribution in [2.45, 2.75) is 51.2 Å². The maximum absolute atomic E-state index is 12.7. The highest BCUT2D eigenvalue weighted by atomic mass is 35.5. The Balaban J connectivity index is 1.97. The quantitative estimate of drug-likeness (QED) is 0.365. The predicted molar refractivity (Wildman–Crippen MR) is 113 cm³/mol. The van der Waals surface area contributed by atoms with E-state index in [2.05, 4.69) is 22.3 Å². The van der Waals surface area contributed by atoms with Crippen LogP contribution in [0, 0.1) is 0 Å². The van der Waals surface area contributed by atoms with Crippen LogP contribution in [-0.4, -0.2) is 33.1 Å². The Labute approximate surface area is 174 Å². The summed E-state index contributed by atoms with van der Waals surface area (Å²) in [5, 5.41) is 9.24. The second-order valence-electron chi connectivity index (χ2n) is 6.56. The summed E-state index contributed by atoms with van der Waals surface area (Å²) in [4.78, 5) is 17.3. The number of carbonyl (C=O) groups is 1. The number of nitrogens with one attached hydrogen (secondary N) is 1. The molecule has 1 aliphatic heterocycles. The number of aromatic nitrogens is 3. The highest BCUT2D eigenvalue weighted by Gasteiger charge is 2.35. The Morgan fingerprint density at radius 2 is 2.04 bits per heavy atom. The first-order valence-corrected chi connectivity index (χ1v) is 10.9. The first-order chi connectivity index (χ1) is 13.5. The standard InChI is InChI=1S/C20H25ClN4O2S/c1-4-6-7-12-28-20-23-19-22-13(3)16(18(26)27-5-2)17(25(19)24-20)14-8-10-15(21)11-9-14/h8-11,17H,4-7,12H2,1-3H3,(H,22,23,24)/t17-/m0/s1. The van der Waals surface area contributed by atoms with Gasteiger partial charge in [0.25, 0.3) is 0 Å². The average Bonchev–Trinajstić information content (AvgIpc) is 3.07. The number of esters is 1. The van der Waals surface area contributed by atoms with Gasteiger partial charge in [0.2, 0.25) is 11.1 Å². The van der Waals surface area contributed by atoms with Crippen molar-refractivity contribution in [1.82, 2.24) is 14.8 Å². The van der Waals surface area contributed by atoms with Gasteiger partial charge in [-0.15, -0.1) is 5.10 Å². The number of thioether (sulfide) groups is 1. The Morgan fingerprint density at radius 3 is 2.71 bits per heavy atom. The third-order valence-corrected chi connectivity index (χ3v) is 5.67. The summed E-state index contributed by atoms with van der Waals surface area (Å²) in [5.41, 5.74) is 2.16. The zero-order chi connectivity index (χ0) is 20.1. The van der Waals surface area contributed by atoms with E-state index >= 15 is 0 Å². The lowest BCUT2D eigenvalue weighted by molar-refractivity contribution is -0.139. The predicted octanol–water partition coefficient (Wildman–Crippen LogP) is 5.07. The molecule has 0 radical (unpaired) electrons. The van der Waals surface area contributed by atoms with Crippen LogP contribution in [0.15, 0.2) is 40.7 Å². The first-order valence-electron chi connectivity index (χ1n) is 9.54. The van der Waals surface area contributed by atoms with Gasteiger partial charge in [-0.2, -0.15) is 4.98 Å². The number of ether oxygens (including phenoxy) is 1. The molecule has 1 atom stereocenters. The number of allylic oxidation sites excluding steroid dienone is 1. The van der Waals surface area contributed by atoms with Gasteiger partial charge >= 0.3 is 5.97 Å². The summed E-state index contributed by atoms with van der Waals surface area (Å²) in [5.74, 6) is 1.24. The highest BCUT2D eigenvalue weighted by molar-refractivity contribution is 7.99. The van der Waals surface area contributed by atoms with Crippen molar-refractivity contribution in [2.24, 2.45) is 0 Å². The molecular formula is C20H25ClN4O2S. The maximum atomic E-state index is 12.7. The molecule has 1 aliphatic rings. The molecule has 1 N–H and O–H groups in total. The van der Waals surface area contributed by atoms with Crippen LogP contribution in [0.5, 0.6) is 0 Å². The van der Waals surface area contributed by atoms with E-state index in [1.165, 1.54) is 12.8 Å². The van der Waals surface area contributed by atoms with Gasteiger partial charge in [0.1, 0.15) is 6.04 Å². The molecule has 0 amide bonds. The minimum atomic E-state index is -0.412. The molecule has 3 rings (SSSR count). The van der Waals surface area contributed by atoms with Gasteiger partial charge < -0.3 is 10.1 Å². The third-order valence-electron chi connectivity index (χ3n) is 4.49. The topological polar surface area (TPSA) is 69.0 Å². The summed E-state index contributed by atoms with van der Waals surface area (Å²) in [6.07, 6.45) is 3.50. The van der Waals surface area contributed by atoms with Crippen LogP contribution in [-0.2, 0) is 9.53 Å². The number of rotatable bonds is 8. The molecule has 28 heavy (non-hydrogen) atoms. The van der Waals surface area contributed by atoms with E-state index in [0.717, 1.165) is 23.4 Å². The summed E-state index contributed by atoms with van der Waals surface area (Å²) in [6, 6.07) is 7.03. The van der Waals surface area contributed by atoms with E-state index in [0.29, 0.717) is 28.3 Å². The Kier molecular flexibility index (Phi) is 7.02. The molecule has 150 valence electrons. The van der Waals surface area contributed by atoms with Crippen LogP contribution in [0.4, 0.5) is 5.95 Å². The van der Waals surface area contributed by atoms with Gasteiger partial charge in [0.15, 0.2) is 0 Å². The van der Waals surface area contributed by atoms with Crippen molar-refractivity contribution in [3.05, 3.63) is 46.1 Å². The van der Waals surface area contributed by atoms with E-state index in [1.54, 1.807) is 23.4 Å². The van der Waals surface area contributed by atoms with Gasteiger partial charge in [0, 0.05) is 16.5 Å². The van der Waals surface area contributed by atoms with Crippen LogP contribution in [0.25, 0.3) is 0 Å². The molecule has 1 aromatic carbocycles. The molecular weight excluding hydrogens is 396 g/mol. The Bertz CT molecular complexity index is 864. The van der Waals surface area contributed by atoms with Crippen molar-refractivity contribution < 1.29 is 9.53 Å². The second-order valence-corrected chi connectivity index (χ2v) is 8.05. The van der Waals surface area contributed by atoms with Gasteiger partial charge in [-0.25, -0.2) is 9.48 Å². The monoisotopic (exact) mass is 420 g/mol. The second kappa shape index (κ2) is 9.47. The molecule has 2 aromatic rings. The van der Waals surface area contributed by atoms with E-state index in [1.807, 2.05) is 31.2 Å². The number of nitrogens with zero attached hydrogens (tertiary/aromatic N) is 3. The Hall–Kier alpha value is -1.99. The maximum Gasteiger partial charge on any atom is 0.338 e. The van der Waals surface area contributed by atoms with Gasteiger partial charge in [-0.05, 0) is 38.0 Å². The van der Waals surface area contributed by atoms with Crippen LogP contribution >= 0.6 is 23.4 Å². The number of fused-ring (bicyclic) bond motifs is 1. The molecule has 2 heterocycles. The van der Waals surface area contributed by atoms with E-state index in [4.69, 9.17) is 16.3 Å². The number of anilines is 1. The molecule has 0 saturated carbocycles. The Morgan fingerprint density at radius 1 is 1.29 bits per heavy atom. The summed E-state index contributed by atoms with van der Waals surface area (Å²) in [6.45, 7) is 6.16. The summed E-state index contributed by atoms with van der Waals surface area (Å²) >= 11 is 7.70. The smallest absolute Gasteiger partial charge is 0.338 e. The zero-order valence-corrected chi connectivity index (χ0v) is 17.9. The molecule has 0 unspecified atom stereocenters. The van der Waals surface area contributed by atoms with Crippen LogP contribution in [0.2, 0.25) is 5.02 Å². The molecule has 0 aliphatic carbocycles. The third kappa shape index (κ3) is 4.52. The summed E-state index contributed by atoms with van der Waals surface area (Å²) < 4.78 is 7.08. The number of halogens is 1. The van der Waals surface area contributed by atoms with Gasteiger partial charge in [-0.1, -0.05) is 55.3 Å². The molecule has 1 aromatic heterocycles. The van der Waals surface area contributed by atoms with Crippen molar-refractivity contribution in [3.63, 3.8) is 0 Å². The number of unbranched alkanes of at least 4 members (excludes halogenated alkanes) is 2. The number of hydrogen-bond donors (Lipinski definition) is 1. The van der Waals surface area contributed by atoms with E-state index in [9.17, 15) is 4.79 Å². The fourth-order valence-corrected chi connectivity index (χ4v) is 4.09. The minimum Gasteiger partial charge on any atom is -0.463 e. The van der Waals surface area contributed by atoms with Gasteiger partial charge in [-0.3, -0.25) is 0 Å². The number of benzene rings is 1. The van der Waals surface area contributed by atoms with Crippen LogP contribution in [0.3, 0.4) is 0 Å². The molecule has 8 heteroatoms. The highest BCUT2D eigenvalue weighted by Crippen LogP contribution is 2.37. The number of hydrogen-bond acceptors (Lipinski definition) is 6. The fourth-order valence-electron chi connectivity index (χ4n) is 3.13.